The number of nitriles is 1. The third-order valence-corrected chi connectivity index (χ3v) is 5.22. The molecule has 1 fully saturated rings. The van der Waals surface area contributed by atoms with Crippen molar-refractivity contribution >= 4 is 16.8 Å². The Morgan fingerprint density at radius 2 is 2.00 bits per heavy atom. The Bertz CT molecular complexity index is 1010. The van der Waals surface area contributed by atoms with Crippen molar-refractivity contribution in [3.05, 3.63) is 60.3 Å². The van der Waals surface area contributed by atoms with Crippen molar-refractivity contribution in [1.82, 2.24) is 9.47 Å². The zero-order valence-corrected chi connectivity index (χ0v) is 14.9. The minimum absolute atomic E-state index is 0.0209. The standard InChI is InChI=1S/C22H21N3O/c1-24-11-9-19-12-18(7-8-21(19)24)17-5-2-6-20(13-17)22(26)25-10-3-4-16(14-23)15-25/h2,5-9,11-13,16H,3-4,10,15H2,1H3/t16-/m0/s1. The molecule has 4 heteroatoms. The number of aryl methyl sites for hydroxylation is 1. The topological polar surface area (TPSA) is 49.0 Å². The highest BCUT2D eigenvalue weighted by Crippen LogP contribution is 2.26. The van der Waals surface area contributed by atoms with Crippen LogP contribution < -0.4 is 0 Å². The number of carbonyl (C=O) groups excluding carboxylic acids is 1. The lowest BCUT2D eigenvalue weighted by molar-refractivity contribution is 0.0699. The van der Waals surface area contributed by atoms with Gasteiger partial charge in [0.05, 0.1) is 12.0 Å². The smallest absolute Gasteiger partial charge is 0.253 e. The van der Waals surface area contributed by atoms with Gasteiger partial charge in [0, 0.05) is 42.8 Å². The second-order valence-corrected chi connectivity index (χ2v) is 7.00. The molecule has 3 aromatic rings. The fraction of sp³-hybridized carbons (Fsp3) is 0.273. The van der Waals surface area contributed by atoms with Gasteiger partial charge in [-0.15, -0.1) is 0 Å². The molecule has 1 saturated heterocycles. The van der Waals surface area contributed by atoms with Crippen LogP contribution in [0.3, 0.4) is 0 Å². The van der Waals surface area contributed by atoms with Crippen molar-refractivity contribution in [2.75, 3.05) is 13.1 Å². The van der Waals surface area contributed by atoms with Gasteiger partial charge in [-0.1, -0.05) is 18.2 Å². The predicted octanol–water partition coefficient (Wildman–Crippen LogP) is 4.22. The number of benzene rings is 2. The Balaban J connectivity index is 1.63. The molecule has 130 valence electrons. The summed E-state index contributed by atoms with van der Waals surface area (Å²) in [5.41, 5.74) is 4.02. The lowest BCUT2D eigenvalue weighted by atomic mass is 9.98. The maximum atomic E-state index is 12.9. The Labute approximate surface area is 153 Å². The molecular weight excluding hydrogens is 322 g/mol. The molecule has 0 spiro atoms. The van der Waals surface area contributed by atoms with E-state index in [0.717, 1.165) is 30.5 Å². The molecule has 0 saturated carbocycles. The highest BCUT2D eigenvalue weighted by Gasteiger charge is 2.24. The second kappa shape index (κ2) is 6.68. The van der Waals surface area contributed by atoms with E-state index in [9.17, 15) is 4.79 Å². The molecular formula is C22H21N3O. The first-order valence-corrected chi connectivity index (χ1v) is 9.00. The second-order valence-electron chi connectivity index (χ2n) is 7.00. The Morgan fingerprint density at radius 3 is 2.85 bits per heavy atom. The third-order valence-electron chi connectivity index (χ3n) is 5.22. The fourth-order valence-electron chi connectivity index (χ4n) is 3.74. The maximum absolute atomic E-state index is 12.9. The van der Waals surface area contributed by atoms with E-state index in [-0.39, 0.29) is 11.8 Å². The molecule has 1 aliphatic rings. The summed E-state index contributed by atoms with van der Waals surface area (Å²) in [6.45, 7) is 1.27. The summed E-state index contributed by atoms with van der Waals surface area (Å²) < 4.78 is 2.10. The van der Waals surface area contributed by atoms with Crippen LogP contribution >= 0.6 is 0 Å². The number of carbonyl (C=O) groups is 1. The number of hydrogen-bond donors (Lipinski definition) is 0. The molecule has 2 aromatic carbocycles. The summed E-state index contributed by atoms with van der Waals surface area (Å²) >= 11 is 0. The van der Waals surface area contributed by atoms with E-state index in [1.807, 2.05) is 36.2 Å². The molecule has 0 bridgehead atoms. The SMILES string of the molecule is Cn1ccc2cc(-c3cccc(C(=O)N4CCC[C@@H](C#N)C4)c3)ccc21. The highest BCUT2D eigenvalue weighted by molar-refractivity contribution is 5.96. The molecule has 26 heavy (non-hydrogen) atoms. The minimum Gasteiger partial charge on any atom is -0.351 e. The zero-order chi connectivity index (χ0) is 18.1. The van der Waals surface area contributed by atoms with Crippen LogP contribution in [0.1, 0.15) is 23.2 Å². The molecule has 1 aromatic heterocycles. The number of amides is 1. The molecule has 1 atom stereocenters. The lowest BCUT2D eigenvalue weighted by Crippen LogP contribution is -2.39. The Hall–Kier alpha value is -3.06. The number of likely N-dealkylation sites (tertiary alicyclic amines) is 1. The molecule has 0 aliphatic carbocycles. The summed E-state index contributed by atoms with van der Waals surface area (Å²) in [6.07, 6.45) is 3.84. The summed E-state index contributed by atoms with van der Waals surface area (Å²) in [6, 6.07) is 18.6. The van der Waals surface area contributed by atoms with Crippen LogP contribution in [0.2, 0.25) is 0 Å². The minimum atomic E-state index is -0.0450. The number of piperidine rings is 1. The quantitative estimate of drug-likeness (QED) is 0.699. The molecule has 0 radical (unpaired) electrons. The number of aromatic nitrogens is 1. The van der Waals surface area contributed by atoms with Crippen LogP contribution in [0, 0.1) is 17.2 Å². The van der Waals surface area contributed by atoms with E-state index in [1.165, 1.54) is 10.9 Å². The number of fused-ring (bicyclic) bond motifs is 1. The van der Waals surface area contributed by atoms with Gasteiger partial charge >= 0.3 is 0 Å². The van der Waals surface area contributed by atoms with E-state index >= 15 is 0 Å². The Kier molecular flexibility index (Phi) is 4.22. The summed E-state index contributed by atoms with van der Waals surface area (Å²) in [5, 5.41) is 10.3. The lowest BCUT2D eigenvalue weighted by Gasteiger charge is -2.29. The molecule has 0 unspecified atom stereocenters. The van der Waals surface area contributed by atoms with E-state index in [4.69, 9.17) is 5.26 Å². The van der Waals surface area contributed by atoms with Gasteiger partial charge in [-0.05, 0) is 54.3 Å². The first kappa shape index (κ1) is 16.4. The summed E-state index contributed by atoms with van der Waals surface area (Å²) in [4.78, 5) is 14.7. The average molecular weight is 343 g/mol. The maximum Gasteiger partial charge on any atom is 0.253 e. The predicted molar refractivity (Wildman–Crippen MR) is 103 cm³/mol. The van der Waals surface area contributed by atoms with Gasteiger partial charge in [-0.25, -0.2) is 0 Å². The van der Waals surface area contributed by atoms with Crippen molar-refractivity contribution in [2.24, 2.45) is 13.0 Å². The molecule has 4 nitrogen and oxygen atoms in total. The monoisotopic (exact) mass is 343 g/mol. The highest BCUT2D eigenvalue weighted by atomic mass is 16.2. The number of hydrogen-bond acceptors (Lipinski definition) is 2. The molecule has 2 heterocycles. The third kappa shape index (κ3) is 2.97. The van der Waals surface area contributed by atoms with Gasteiger partial charge in [0.25, 0.3) is 5.91 Å². The van der Waals surface area contributed by atoms with E-state index in [2.05, 4.69) is 41.1 Å². The van der Waals surface area contributed by atoms with Gasteiger partial charge < -0.3 is 9.47 Å². The van der Waals surface area contributed by atoms with Crippen LogP contribution in [0.15, 0.2) is 54.7 Å². The first-order chi connectivity index (χ1) is 12.7. The number of rotatable bonds is 2. The van der Waals surface area contributed by atoms with Crippen LogP contribution in [0.4, 0.5) is 0 Å². The normalized spacial score (nSPS) is 17.2. The summed E-state index contributed by atoms with van der Waals surface area (Å²) in [7, 11) is 2.04. The van der Waals surface area contributed by atoms with E-state index < -0.39 is 0 Å². The molecule has 1 aliphatic heterocycles. The van der Waals surface area contributed by atoms with Crippen molar-refractivity contribution in [3.8, 4) is 17.2 Å². The van der Waals surface area contributed by atoms with E-state index in [1.54, 1.807) is 0 Å². The van der Waals surface area contributed by atoms with Gasteiger partial charge in [0.15, 0.2) is 0 Å². The molecule has 4 rings (SSSR count). The van der Waals surface area contributed by atoms with Crippen LogP contribution in [-0.2, 0) is 7.05 Å². The molecule has 0 N–H and O–H groups in total. The van der Waals surface area contributed by atoms with E-state index in [0.29, 0.717) is 12.1 Å². The van der Waals surface area contributed by atoms with Gasteiger partial charge in [-0.3, -0.25) is 4.79 Å². The zero-order valence-electron chi connectivity index (χ0n) is 14.9. The van der Waals surface area contributed by atoms with Crippen molar-refractivity contribution < 1.29 is 4.79 Å². The average Bonchev–Trinajstić information content (AvgIpc) is 3.08. The van der Waals surface area contributed by atoms with Gasteiger partial charge in [-0.2, -0.15) is 5.26 Å². The molecule has 1 amide bonds. The largest absolute Gasteiger partial charge is 0.351 e. The first-order valence-electron chi connectivity index (χ1n) is 9.00. The van der Waals surface area contributed by atoms with Crippen molar-refractivity contribution in [2.45, 2.75) is 12.8 Å². The number of nitrogens with zero attached hydrogens (tertiary/aromatic N) is 3. The van der Waals surface area contributed by atoms with Crippen LogP contribution in [0.25, 0.3) is 22.0 Å². The van der Waals surface area contributed by atoms with Gasteiger partial charge in [0.2, 0.25) is 0 Å². The fourth-order valence-corrected chi connectivity index (χ4v) is 3.74. The van der Waals surface area contributed by atoms with Crippen LogP contribution in [-0.4, -0.2) is 28.5 Å². The van der Waals surface area contributed by atoms with Crippen LogP contribution in [0.5, 0.6) is 0 Å². The Morgan fingerprint density at radius 1 is 1.15 bits per heavy atom. The van der Waals surface area contributed by atoms with Gasteiger partial charge in [0.1, 0.15) is 0 Å². The van der Waals surface area contributed by atoms with Crippen molar-refractivity contribution in [1.29, 1.82) is 5.26 Å². The van der Waals surface area contributed by atoms with Crippen molar-refractivity contribution in [3.63, 3.8) is 0 Å². The summed E-state index contributed by atoms with van der Waals surface area (Å²) in [5.74, 6) is -0.0241.